The molecule has 1 amide bonds. The average molecular weight is 370 g/mol. The molecule has 3 aliphatic rings. The summed E-state index contributed by atoms with van der Waals surface area (Å²) in [6.45, 7) is 7.00. The summed E-state index contributed by atoms with van der Waals surface area (Å²) < 4.78 is 11.1. The molecule has 23 heavy (non-hydrogen) atoms. The van der Waals surface area contributed by atoms with E-state index in [1.54, 1.807) is 0 Å². The molecule has 2 N–H and O–H groups in total. The summed E-state index contributed by atoms with van der Waals surface area (Å²) in [6, 6.07) is 0. The predicted octanol–water partition coefficient (Wildman–Crippen LogP) is 0.517. The van der Waals surface area contributed by atoms with Gasteiger partial charge in [0.25, 0.3) is 5.91 Å². The van der Waals surface area contributed by atoms with Crippen LogP contribution in [0.3, 0.4) is 0 Å². The molecule has 136 valence electrons. The second-order valence-electron chi connectivity index (χ2n) is 6.42. The number of hydrogen-bond acceptors (Lipinski definition) is 5. The third kappa shape index (κ3) is 5.44. The van der Waals surface area contributed by atoms with E-state index in [2.05, 4.69) is 4.90 Å². The Bertz CT molecular complexity index is 362. The van der Waals surface area contributed by atoms with E-state index in [0.29, 0.717) is 12.5 Å². The standard InChI is InChI=1S/C15H27N3O3.2ClH/c16-9-13-1-2-14(21-13)15(19)18-6-4-17(5-7-18)10-12-3-8-20-11-12;;/h12-14H,1-11,16H2;2*1H/t12?,13-,14+;;/m1../s1. The zero-order chi connectivity index (χ0) is 14.7. The molecule has 3 heterocycles. The first-order valence-electron chi connectivity index (χ1n) is 8.20. The van der Waals surface area contributed by atoms with Crippen LogP contribution < -0.4 is 5.73 Å². The molecule has 0 bridgehead atoms. The molecular weight excluding hydrogens is 341 g/mol. The van der Waals surface area contributed by atoms with Crippen molar-refractivity contribution < 1.29 is 14.3 Å². The van der Waals surface area contributed by atoms with E-state index < -0.39 is 0 Å². The van der Waals surface area contributed by atoms with E-state index in [-0.39, 0.29) is 42.9 Å². The zero-order valence-corrected chi connectivity index (χ0v) is 15.2. The third-order valence-corrected chi connectivity index (χ3v) is 4.87. The maximum Gasteiger partial charge on any atom is 0.251 e. The Morgan fingerprint density at radius 2 is 1.83 bits per heavy atom. The maximum atomic E-state index is 12.4. The van der Waals surface area contributed by atoms with Crippen molar-refractivity contribution in [3.05, 3.63) is 0 Å². The number of nitrogens with two attached hydrogens (primary N) is 1. The molecule has 0 saturated carbocycles. The third-order valence-electron chi connectivity index (χ3n) is 4.87. The first-order valence-corrected chi connectivity index (χ1v) is 8.20. The summed E-state index contributed by atoms with van der Waals surface area (Å²) in [5.41, 5.74) is 5.60. The number of amides is 1. The van der Waals surface area contributed by atoms with Gasteiger partial charge in [0.1, 0.15) is 6.10 Å². The van der Waals surface area contributed by atoms with Crippen molar-refractivity contribution in [1.29, 1.82) is 0 Å². The lowest BCUT2D eigenvalue weighted by Gasteiger charge is -2.36. The Morgan fingerprint density at radius 1 is 1.09 bits per heavy atom. The summed E-state index contributed by atoms with van der Waals surface area (Å²) in [4.78, 5) is 16.9. The Morgan fingerprint density at radius 3 is 2.39 bits per heavy atom. The quantitative estimate of drug-likeness (QED) is 0.782. The fourth-order valence-corrected chi connectivity index (χ4v) is 3.51. The topological polar surface area (TPSA) is 68.0 Å². The highest BCUT2D eigenvalue weighted by Gasteiger charge is 2.34. The fraction of sp³-hybridized carbons (Fsp3) is 0.933. The van der Waals surface area contributed by atoms with Crippen LogP contribution in [0, 0.1) is 5.92 Å². The van der Waals surface area contributed by atoms with Gasteiger partial charge in [0.15, 0.2) is 0 Å². The molecular formula is C15H29Cl2N3O3. The van der Waals surface area contributed by atoms with Crippen molar-refractivity contribution in [3.63, 3.8) is 0 Å². The molecule has 0 aliphatic carbocycles. The smallest absolute Gasteiger partial charge is 0.251 e. The van der Waals surface area contributed by atoms with Gasteiger partial charge >= 0.3 is 0 Å². The molecule has 3 aliphatic heterocycles. The van der Waals surface area contributed by atoms with Gasteiger partial charge in [-0.3, -0.25) is 9.69 Å². The Hall–Kier alpha value is -0.110. The van der Waals surface area contributed by atoms with Gasteiger partial charge < -0.3 is 20.1 Å². The highest BCUT2D eigenvalue weighted by molar-refractivity contribution is 5.85. The molecule has 3 saturated heterocycles. The van der Waals surface area contributed by atoms with E-state index >= 15 is 0 Å². The molecule has 6 nitrogen and oxygen atoms in total. The molecule has 0 spiro atoms. The zero-order valence-electron chi connectivity index (χ0n) is 13.5. The number of carbonyl (C=O) groups excluding carboxylic acids is 1. The van der Waals surface area contributed by atoms with Crippen LogP contribution in [0.4, 0.5) is 0 Å². The summed E-state index contributed by atoms with van der Waals surface area (Å²) in [6.07, 6.45) is 2.72. The van der Waals surface area contributed by atoms with E-state index in [1.807, 2.05) is 4.90 Å². The number of halogens is 2. The van der Waals surface area contributed by atoms with Gasteiger partial charge in [0.2, 0.25) is 0 Å². The van der Waals surface area contributed by atoms with Crippen LogP contribution >= 0.6 is 24.8 Å². The molecule has 8 heteroatoms. The molecule has 0 aromatic carbocycles. The van der Waals surface area contributed by atoms with Gasteiger partial charge in [-0.25, -0.2) is 0 Å². The number of nitrogens with zero attached hydrogens (tertiary/aromatic N) is 2. The monoisotopic (exact) mass is 369 g/mol. The molecule has 3 fully saturated rings. The SMILES string of the molecule is Cl.Cl.NC[C@H]1CC[C@@H](C(=O)N2CCN(CC3CCOC3)CC2)O1. The summed E-state index contributed by atoms with van der Waals surface area (Å²) in [5.74, 6) is 0.838. The second-order valence-corrected chi connectivity index (χ2v) is 6.42. The molecule has 0 radical (unpaired) electrons. The van der Waals surface area contributed by atoms with Gasteiger partial charge in [0.05, 0.1) is 12.7 Å². The normalized spacial score (nSPS) is 31.5. The van der Waals surface area contributed by atoms with Crippen LogP contribution in [0.2, 0.25) is 0 Å². The fourth-order valence-electron chi connectivity index (χ4n) is 3.51. The van der Waals surface area contributed by atoms with Crippen molar-refractivity contribution in [1.82, 2.24) is 9.80 Å². The number of hydrogen-bond donors (Lipinski definition) is 1. The summed E-state index contributed by atoms with van der Waals surface area (Å²) in [5, 5.41) is 0. The minimum atomic E-state index is -0.256. The Labute approximate surface area is 150 Å². The van der Waals surface area contributed by atoms with Gasteiger partial charge in [-0.2, -0.15) is 0 Å². The number of carbonyl (C=O) groups is 1. The van der Waals surface area contributed by atoms with Gasteiger partial charge in [-0.1, -0.05) is 0 Å². The number of piperazine rings is 1. The van der Waals surface area contributed by atoms with Crippen molar-refractivity contribution in [2.24, 2.45) is 11.7 Å². The minimum absolute atomic E-state index is 0. The number of rotatable bonds is 4. The molecule has 1 unspecified atom stereocenters. The summed E-state index contributed by atoms with van der Waals surface area (Å²) >= 11 is 0. The van der Waals surface area contributed by atoms with Crippen molar-refractivity contribution in [3.8, 4) is 0 Å². The van der Waals surface area contributed by atoms with Crippen LogP contribution in [-0.2, 0) is 14.3 Å². The first-order chi connectivity index (χ1) is 10.3. The minimum Gasteiger partial charge on any atom is -0.381 e. The maximum absolute atomic E-state index is 12.4. The molecule has 0 aromatic heterocycles. The van der Waals surface area contributed by atoms with E-state index in [1.165, 1.54) is 6.42 Å². The van der Waals surface area contributed by atoms with Crippen LogP contribution in [0.25, 0.3) is 0 Å². The lowest BCUT2D eigenvalue weighted by atomic mass is 10.1. The lowest BCUT2D eigenvalue weighted by Crippen LogP contribution is -2.52. The van der Waals surface area contributed by atoms with E-state index in [4.69, 9.17) is 15.2 Å². The summed E-state index contributed by atoms with van der Waals surface area (Å²) in [7, 11) is 0. The first kappa shape index (κ1) is 20.9. The van der Waals surface area contributed by atoms with E-state index in [9.17, 15) is 4.79 Å². The molecule has 0 aromatic rings. The lowest BCUT2D eigenvalue weighted by molar-refractivity contribution is -0.144. The molecule has 3 rings (SSSR count). The number of ether oxygens (including phenoxy) is 2. The second kappa shape index (κ2) is 10.0. The van der Waals surface area contributed by atoms with Crippen molar-refractivity contribution in [2.75, 3.05) is 52.5 Å². The largest absolute Gasteiger partial charge is 0.381 e. The van der Waals surface area contributed by atoms with Crippen LogP contribution in [0.15, 0.2) is 0 Å². The average Bonchev–Trinajstić information content (AvgIpc) is 3.18. The van der Waals surface area contributed by atoms with Crippen LogP contribution in [0.1, 0.15) is 19.3 Å². The Balaban J connectivity index is 0.00000132. The van der Waals surface area contributed by atoms with Crippen LogP contribution in [0.5, 0.6) is 0 Å². The van der Waals surface area contributed by atoms with Gasteiger partial charge in [-0.05, 0) is 25.2 Å². The van der Waals surface area contributed by atoms with Crippen LogP contribution in [-0.4, -0.2) is 80.4 Å². The van der Waals surface area contributed by atoms with Gasteiger partial charge in [0, 0.05) is 45.9 Å². The predicted molar refractivity (Wildman–Crippen MR) is 93.4 cm³/mol. The van der Waals surface area contributed by atoms with Crippen molar-refractivity contribution in [2.45, 2.75) is 31.5 Å². The highest BCUT2D eigenvalue weighted by atomic mass is 35.5. The Kier molecular flexibility index (Phi) is 9.11. The molecule has 3 atom stereocenters. The van der Waals surface area contributed by atoms with Crippen molar-refractivity contribution >= 4 is 30.7 Å². The highest BCUT2D eigenvalue weighted by Crippen LogP contribution is 2.22. The van der Waals surface area contributed by atoms with Gasteiger partial charge in [-0.15, -0.1) is 24.8 Å². The van der Waals surface area contributed by atoms with E-state index in [0.717, 1.165) is 58.8 Å².